The van der Waals surface area contributed by atoms with Crippen LogP contribution < -0.4 is 16.6 Å². The van der Waals surface area contributed by atoms with Crippen LogP contribution in [0.2, 0.25) is 10.0 Å². The number of halogens is 2. The smallest absolute Gasteiger partial charge is 0.321 e. The van der Waals surface area contributed by atoms with Crippen molar-refractivity contribution in [2.45, 2.75) is 20.0 Å². The normalized spacial score (nSPS) is 11.4. The van der Waals surface area contributed by atoms with Crippen LogP contribution in [0.3, 0.4) is 0 Å². The van der Waals surface area contributed by atoms with Gasteiger partial charge in [0.25, 0.3) is 5.56 Å². The number of rotatable bonds is 5. The highest BCUT2D eigenvalue weighted by molar-refractivity contribution is 6.32. The third kappa shape index (κ3) is 4.03. The second-order valence-corrected chi connectivity index (χ2v) is 7.54. The largest absolute Gasteiger partial charge is 0.349 e. The molecule has 0 amide bonds. The van der Waals surface area contributed by atoms with Gasteiger partial charge in [-0.3, -0.25) is 9.78 Å². The van der Waals surface area contributed by atoms with E-state index in [-0.39, 0.29) is 11.5 Å². The van der Waals surface area contributed by atoms with E-state index in [0.717, 1.165) is 11.1 Å². The molecule has 0 unspecified atom stereocenters. The van der Waals surface area contributed by atoms with Crippen molar-refractivity contribution in [1.29, 1.82) is 0 Å². The molecule has 0 spiro atoms. The number of nitrogens with zero attached hydrogens (tertiary/aromatic N) is 3. The fourth-order valence-electron chi connectivity index (χ4n) is 3.17. The zero-order valence-corrected chi connectivity index (χ0v) is 17.0. The highest BCUT2D eigenvalue weighted by Gasteiger charge is 2.19. The Bertz CT molecular complexity index is 1280. The quantitative estimate of drug-likeness (QED) is 0.375. The molecule has 148 valence electrons. The Morgan fingerprint density at radius 2 is 1.86 bits per heavy atom. The summed E-state index contributed by atoms with van der Waals surface area (Å²) in [5, 5.41) is 4.61. The minimum atomic E-state index is -0.704. The van der Waals surface area contributed by atoms with Gasteiger partial charge in [-0.15, -0.1) is 0 Å². The predicted octanol–water partition coefficient (Wildman–Crippen LogP) is 2.99. The second kappa shape index (κ2) is 7.94. The molecule has 2 aromatic carbocycles. The van der Waals surface area contributed by atoms with Crippen LogP contribution in [0.5, 0.6) is 0 Å². The molecule has 7 nitrogen and oxygen atoms in total. The van der Waals surface area contributed by atoms with Crippen molar-refractivity contribution >= 4 is 34.2 Å². The van der Waals surface area contributed by atoms with Crippen LogP contribution in [-0.4, -0.2) is 26.1 Å². The summed E-state index contributed by atoms with van der Waals surface area (Å²) in [5.74, 6) is 0.236. The third-order valence-electron chi connectivity index (χ3n) is 4.64. The molecule has 0 radical (unpaired) electrons. The van der Waals surface area contributed by atoms with Crippen molar-refractivity contribution in [3.63, 3.8) is 0 Å². The summed E-state index contributed by atoms with van der Waals surface area (Å²) < 4.78 is 1.80. The summed E-state index contributed by atoms with van der Waals surface area (Å²) in [6, 6.07) is 11.2. The molecule has 0 aromatic heterocycles. The molecule has 29 heavy (non-hydrogen) atoms. The van der Waals surface area contributed by atoms with Gasteiger partial charge in [0.05, 0.1) is 11.0 Å². The van der Waals surface area contributed by atoms with E-state index in [4.69, 9.17) is 23.2 Å². The first kappa shape index (κ1) is 19.6. The van der Waals surface area contributed by atoms with Crippen LogP contribution in [0.1, 0.15) is 11.1 Å². The fraction of sp³-hybridized carbons (Fsp3) is 0.200. The molecule has 0 saturated heterocycles. The van der Waals surface area contributed by atoms with Gasteiger partial charge >= 0.3 is 5.69 Å². The van der Waals surface area contributed by atoms with E-state index in [1.165, 1.54) is 0 Å². The van der Waals surface area contributed by atoms with Gasteiger partial charge in [-0.25, -0.2) is 9.78 Å². The van der Waals surface area contributed by atoms with E-state index in [9.17, 15) is 9.59 Å². The number of fused-ring (bicyclic) bond motifs is 2. The number of aromatic nitrogens is 4. The maximum absolute atomic E-state index is 12.3. The molecule has 0 saturated carbocycles. The monoisotopic (exact) mass is 429 g/mol. The van der Waals surface area contributed by atoms with Gasteiger partial charge in [-0.1, -0.05) is 35.3 Å². The number of benzene rings is 2. The van der Waals surface area contributed by atoms with E-state index in [0.29, 0.717) is 40.7 Å². The lowest BCUT2D eigenvalue weighted by molar-refractivity contribution is 0.603. The Morgan fingerprint density at radius 1 is 1.10 bits per heavy atom. The van der Waals surface area contributed by atoms with Crippen molar-refractivity contribution in [1.82, 2.24) is 24.8 Å². The van der Waals surface area contributed by atoms with E-state index in [2.05, 4.69) is 20.3 Å². The summed E-state index contributed by atoms with van der Waals surface area (Å²) in [4.78, 5) is 34.6. The Kier molecular flexibility index (Phi) is 5.36. The van der Waals surface area contributed by atoms with E-state index in [1.807, 2.05) is 37.3 Å². The number of aryl methyl sites for hydroxylation is 1. The SMILES string of the molecule is Cc1cc2nc3c(=O)[nH]c(=O)nc-3n(CCNCc3ccc(Cl)cc3)c2cc1Cl. The summed E-state index contributed by atoms with van der Waals surface area (Å²) in [6.45, 7) is 3.57. The van der Waals surface area contributed by atoms with Gasteiger partial charge < -0.3 is 9.88 Å². The highest BCUT2D eigenvalue weighted by Crippen LogP contribution is 2.26. The Hall–Kier alpha value is -2.74. The van der Waals surface area contributed by atoms with Gasteiger partial charge in [0, 0.05) is 29.7 Å². The molecular formula is C20H17Cl2N5O2. The maximum Gasteiger partial charge on any atom is 0.349 e. The second-order valence-electron chi connectivity index (χ2n) is 6.70. The third-order valence-corrected chi connectivity index (χ3v) is 5.30. The molecule has 9 heteroatoms. The zero-order chi connectivity index (χ0) is 20.5. The lowest BCUT2D eigenvalue weighted by Crippen LogP contribution is -2.30. The van der Waals surface area contributed by atoms with Gasteiger partial charge in [-0.2, -0.15) is 4.98 Å². The first-order valence-electron chi connectivity index (χ1n) is 8.98. The van der Waals surface area contributed by atoms with E-state index >= 15 is 0 Å². The van der Waals surface area contributed by atoms with Crippen molar-refractivity contribution in [3.8, 4) is 11.5 Å². The van der Waals surface area contributed by atoms with Crippen LogP contribution in [0, 0.1) is 6.92 Å². The summed E-state index contributed by atoms with van der Waals surface area (Å²) >= 11 is 12.2. The maximum atomic E-state index is 12.3. The molecule has 2 aliphatic rings. The summed E-state index contributed by atoms with van der Waals surface area (Å²) in [7, 11) is 0. The van der Waals surface area contributed by atoms with Crippen LogP contribution in [0.4, 0.5) is 0 Å². The van der Waals surface area contributed by atoms with Gasteiger partial charge in [0.1, 0.15) is 0 Å². The number of hydrogen-bond acceptors (Lipinski definition) is 5. The molecule has 0 bridgehead atoms. The lowest BCUT2D eigenvalue weighted by Gasteiger charge is -2.17. The van der Waals surface area contributed by atoms with Crippen LogP contribution in [-0.2, 0) is 13.1 Å². The first-order chi connectivity index (χ1) is 13.9. The first-order valence-corrected chi connectivity index (χ1v) is 9.74. The summed E-state index contributed by atoms with van der Waals surface area (Å²) in [5.41, 5.74) is 2.13. The number of hydrogen-bond donors (Lipinski definition) is 2. The number of nitrogens with one attached hydrogen (secondary N) is 2. The molecular weight excluding hydrogens is 413 g/mol. The van der Waals surface area contributed by atoms with E-state index < -0.39 is 11.2 Å². The van der Waals surface area contributed by atoms with E-state index in [1.54, 1.807) is 10.6 Å². The van der Waals surface area contributed by atoms with Gasteiger partial charge in [0.2, 0.25) is 0 Å². The molecule has 2 aromatic rings. The molecule has 2 N–H and O–H groups in total. The van der Waals surface area contributed by atoms with Crippen molar-refractivity contribution in [2.75, 3.05) is 6.54 Å². The Balaban J connectivity index is 1.70. The predicted molar refractivity (Wildman–Crippen MR) is 114 cm³/mol. The molecule has 2 aliphatic heterocycles. The van der Waals surface area contributed by atoms with Crippen molar-refractivity contribution in [3.05, 3.63) is 78.4 Å². The van der Waals surface area contributed by atoms with Crippen LogP contribution in [0.25, 0.3) is 22.6 Å². The lowest BCUT2D eigenvalue weighted by atomic mass is 10.2. The standard InChI is InChI=1S/C20H17Cl2N5O2/c1-11-8-15-16(9-14(11)22)27(18-17(24-15)19(28)26-20(29)25-18)7-6-23-10-12-2-4-13(21)5-3-12/h2-5,8-9,23H,6-7,10H2,1H3,(H,26,28,29). The fourth-order valence-corrected chi connectivity index (χ4v) is 3.46. The molecule has 0 aliphatic carbocycles. The minimum absolute atomic E-state index is 0.122. The number of H-pyrrole nitrogens is 1. The average molecular weight is 430 g/mol. The molecule has 4 rings (SSSR count). The van der Waals surface area contributed by atoms with Crippen LogP contribution >= 0.6 is 23.2 Å². The minimum Gasteiger partial charge on any atom is -0.321 e. The van der Waals surface area contributed by atoms with Crippen LogP contribution in [0.15, 0.2) is 46.0 Å². The summed E-state index contributed by atoms with van der Waals surface area (Å²) in [6.07, 6.45) is 0. The zero-order valence-electron chi connectivity index (χ0n) is 15.5. The topological polar surface area (TPSA) is 92.7 Å². The average Bonchev–Trinajstić information content (AvgIpc) is 2.68. The molecule has 2 heterocycles. The highest BCUT2D eigenvalue weighted by atomic mass is 35.5. The number of aromatic amines is 1. The van der Waals surface area contributed by atoms with Gasteiger partial charge in [-0.05, 0) is 42.3 Å². The van der Waals surface area contributed by atoms with Crippen molar-refractivity contribution < 1.29 is 0 Å². The molecule has 0 fully saturated rings. The molecule has 0 atom stereocenters. The Morgan fingerprint density at radius 3 is 2.62 bits per heavy atom. The van der Waals surface area contributed by atoms with Crippen molar-refractivity contribution in [2.24, 2.45) is 0 Å². The Labute approximate surface area is 175 Å². The van der Waals surface area contributed by atoms with Gasteiger partial charge in [0.15, 0.2) is 11.5 Å².